The van der Waals surface area contributed by atoms with Crippen molar-refractivity contribution < 1.29 is 17.2 Å². The molecule has 0 bridgehead atoms. The van der Waals surface area contributed by atoms with Crippen LogP contribution in [-0.2, 0) is 22.1 Å². The molecule has 0 radical (unpaired) electrons. The van der Waals surface area contributed by atoms with E-state index in [1.807, 2.05) is 0 Å². The van der Waals surface area contributed by atoms with E-state index in [0.717, 1.165) is 17.7 Å². The van der Waals surface area contributed by atoms with Gasteiger partial charge in [0.05, 0.1) is 10.6 Å². The monoisotopic (exact) mass is 297 g/mol. The topological polar surface area (TPSA) is 60.2 Å². The molecule has 0 spiro atoms. The molecule has 0 aliphatic carbocycles. The van der Waals surface area contributed by atoms with E-state index < -0.39 is 21.5 Å². The van der Waals surface area contributed by atoms with Gasteiger partial charge in [0.1, 0.15) is 0 Å². The zero-order valence-corrected chi connectivity index (χ0v) is 11.3. The molecule has 2 aromatic carbocycles. The molecule has 0 aliphatic rings. The normalized spacial score (nSPS) is 11.6. The zero-order chi connectivity index (χ0) is 14.8. The smallest absolute Gasteiger partial charge is 0.182 e. The Bertz CT molecular complexity index is 712. The Kier molecular flexibility index (Phi) is 4.15. The van der Waals surface area contributed by atoms with E-state index in [1.54, 1.807) is 24.3 Å². The Morgan fingerprint density at radius 3 is 2.05 bits per heavy atom. The van der Waals surface area contributed by atoms with Crippen LogP contribution in [0, 0.1) is 11.6 Å². The predicted octanol–water partition coefficient (Wildman–Crippen LogP) is 2.40. The van der Waals surface area contributed by atoms with Crippen molar-refractivity contribution in [2.24, 2.45) is 5.73 Å². The molecule has 20 heavy (non-hydrogen) atoms. The molecule has 2 rings (SSSR count). The second kappa shape index (κ2) is 5.68. The highest BCUT2D eigenvalue weighted by atomic mass is 32.2. The van der Waals surface area contributed by atoms with Gasteiger partial charge in [-0.1, -0.05) is 24.3 Å². The largest absolute Gasteiger partial charge is 0.326 e. The van der Waals surface area contributed by atoms with Crippen molar-refractivity contribution in [3.63, 3.8) is 0 Å². The number of halogens is 2. The standard InChI is InChI=1S/C14H13F2NO2S/c15-13-6-5-12(7-14(13)16)20(18,19)9-11-3-1-10(8-17)2-4-11/h1-7H,8-9,17H2. The molecular formula is C14H13F2NO2S. The molecule has 0 fully saturated rings. The molecule has 0 aliphatic heterocycles. The fourth-order valence-electron chi connectivity index (χ4n) is 1.74. The first-order valence-corrected chi connectivity index (χ1v) is 7.53. The average molecular weight is 297 g/mol. The Hall–Kier alpha value is -1.79. The SMILES string of the molecule is NCc1ccc(CS(=O)(=O)c2ccc(F)c(F)c2)cc1. The van der Waals surface area contributed by atoms with Crippen molar-refractivity contribution in [3.05, 3.63) is 65.2 Å². The van der Waals surface area contributed by atoms with E-state index in [4.69, 9.17) is 5.73 Å². The third kappa shape index (κ3) is 3.20. The molecule has 0 amide bonds. The van der Waals surface area contributed by atoms with Gasteiger partial charge in [0, 0.05) is 6.54 Å². The summed E-state index contributed by atoms with van der Waals surface area (Å²) in [5.41, 5.74) is 6.90. The lowest BCUT2D eigenvalue weighted by Crippen LogP contribution is -2.06. The van der Waals surface area contributed by atoms with Gasteiger partial charge in [-0.2, -0.15) is 0 Å². The highest BCUT2D eigenvalue weighted by Gasteiger charge is 2.17. The van der Waals surface area contributed by atoms with Crippen molar-refractivity contribution in [3.8, 4) is 0 Å². The van der Waals surface area contributed by atoms with Crippen LogP contribution in [0.2, 0.25) is 0 Å². The van der Waals surface area contributed by atoms with Gasteiger partial charge in [-0.05, 0) is 29.3 Å². The minimum atomic E-state index is -3.71. The lowest BCUT2D eigenvalue weighted by molar-refractivity contribution is 0.504. The van der Waals surface area contributed by atoms with Gasteiger partial charge in [-0.15, -0.1) is 0 Å². The molecule has 3 nitrogen and oxygen atoms in total. The Morgan fingerprint density at radius 1 is 0.900 bits per heavy atom. The van der Waals surface area contributed by atoms with Crippen molar-refractivity contribution >= 4 is 9.84 Å². The number of hydrogen-bond donors (Lipinski definition) is 1. The van der Waals surface area contributed by atoms with Crippen LogP contribution in [-0.4, -0.2) is 8.42 Å². The van der Waals surface area contributed by atoms with E-state index in [1.165, 1.54) is 0 Å². The number of benzene rings is 2. The summed E-state index contributed by atoms with van der Waals surface area (Å²) in [5, 5.41) is 0. The third-order valence-electron chi connectivity index (χ3n) is 2.87. The Balaban J connectivity index is 2.27. The molecule has 6 heteroatoms. The van der Waals surface area contributed by atoms with Crippen molar-refractivity contribution in [2.45, 2.75) is 17.2 Å². The van der Waals surface area contributed by atoms with Crippen LogP contribution in [0.3, 0.4) is 0 Å². The first-order valence-electron chi connectivity index (χ1n) is 5.88. The van der Waals surface area contributed by atoms with Crippen molar-refractivity contribution in [1.29, 1.82) is 0 Å². The molecule has 0 heterocycles. The molecular weight excluding hydrogens is 284 g/mol. The first kappa shape index (κ1) is 14.6. The molecule has 2 aromatic rings. The van der Waals surface area contributed by atoms with Gasteiger partial charge >= 0.3 is 0 Å². The van der Waals surface area contributed by atoms with Crippen LogP contribution in [0.15, 0.2) is 47.4 Å². The third-order valence-corrected chi connectivity index (χ3v) is 4.55. The fourth-order valence-corrected chi connectivity index (χ4v) is 3.10. The maximum Gasteiger partial charge on any atom is 0.182 e. The number of nitrogens with two attached hydrogens (primary N) is 1. The first-order chi connectivity index (χ1) is 9.42. The van der Waals surface area contributed by atoms with Gasteiger partial charge in [-0.3, -0.25) is 0 Å². The van der Waals surface area contributed by atoms with Crippen LogP contribution >= 0.6 is 0 Å². The Morgan fingerprint density at radius 2 is 1.50 bits per heavy atom. The summed E-state index contributed by atoms with van der Waals surface area (Å²) in [6.45, 7) is 0.371. The number of hydrogen-bond acceptors (Lipinski definition) is 3. The van der Waals surface area contributed by atoms with Crippen LogP contribution in [0.1, 0.15) is 11.1 Å². The molecule has 0 aromatic heterocycles. The summed E-state index contributed by atoms with van der Waals surface area (Å²) in [6.07, 6.45) is 0. The lowest BCUT2D eigenvalue weighted by atomic mass is 10.1. The van der Waals surface area contributed by atoms with Crippen LogP contribution in [0.25, 0.3) is 0 Å². The van der Waals surface area contributed by atoms with Crippen LogP contribution in [0.5, 0.6) is 0 Å². The number of sulfone groups is 1. The summed E-state index contributed by atoms with van der Waals surface area (Å²) in [7, 11) is -3.71. The second-order valence-electron chi connectivity index (χ2n) is 4.36. The van der Waals surface area contributed by atoms with Gasteiger partial charge in [0.15, 0.2) is 21.5 Å². The summed E-state index contributed by atoms with van der Waals surface area (Å²) in [6, 6.07) is 9.33. The fraction of sp³-hybridized carbons (Fsp3) is 0.143. The maximum atomic E-state index is 13.1. The molecule has 106 valence electrons. The highest BCUT2D eigenvalue weighted by Crippen LogP contribution is 2.19. The maximum absolute atomic E-state index is 13.1. The van der Waals surface area contributed by atoms with E-state index in [0.29, 0.717) is 18.2 Å². The Labute approximate surface area is 116 Å². The van der Waals surface area contributed by atoms with E-state index in [-0.39, 0.29) is 10.6 Å². The summed E-state index contributed by atoms with van der Waals surface area (Å²) in [4.78, 5) is -0.237. The van der Waals surface area contributed by atoms with Gasteiger partial charge in [-0.25, -0.2) is 17.2 Å². The number of rotatable bonds is 4. The molecule has 2 N–H and O–H groups in total. The van der Waals surface area contributed by atoms with Crippen LogP contribution < -0.4 is 5.73 Å². The summed E-state index contributed by atoms with van der Waals surface area (Å²) in [5.74, 6) is -2.52. The van der Waals surface area contributed by atoms with Crippen molar-refractivity contribution in [1.82, 2.24) is 0 Å². The summed E-state index contributed by atoms with van der Waals surface area (Å²) < 4.78 is 50.1. The van der Waals surface area contributed by atoms with Gasteiger partial charge in [0.25, 0.3) is 0 Å². The van der Waals surface area contributed by atoms with Gasteiger partial charge in [0.2, 0.25) is 0 Å². The van der Waals surface area contributed by atoms with E-state index in [9.17, 15) is 17.2 Å². The predicted molar refractivity (Wildman–Crippen MR) is 71.6 cm³/mol. The average Bonchev–Trinajstić information content (AvgIpc) is 2.42. The molecule has 0 unspecified atom stereocenters. The molecule has 0 saturated heterocycles. The molecule has 0 saturated carbocycles. The summed E-state index contributed by atoms with van der Waals surface area (Å²) >= 11 is 0. The quantitative estimate of drug-likeness (QED) is 0.882. The van der Waals surface area contributed by atoms with E-state index in [2.05, 4.69) is 0 Å². The van der Waals surface area contributed by atoms with Gasteiger partial charge < -0.3 is 5.73 Å². The minimum Gasteiger partial charge on any atom is -0.326 e. The van der Waals surface area contributed by atoms with Crippen molar-refractivity contribution in [2.75, 3.05) is 0 Å². The van der Waals surface area contributed by atoms with Crippen LogP contribution in [0.4, 0.5) is 8.78 Å². The second-order valence-corrected chi connectivity index (χ2v) is 6.35. The minimum absolute atomic E-state index is 0.237. The molecule has 0 atom stereocenters. The lowest BCUT2D eigenvalue weighted by Gasteiger charge is -2.06. The van der Waals surface area contributed by atoms with E-state index >= 15 is 0 Å². The zero-order valence-electron chi connectivity index (χ0n) is 10.5. The highest BCUT2D eigenvalue weighted by molar-refractivity contribution is 7.90.